The fourth-order valence-electron chi connectivity index (χ4n) is 3.40. The van der Waals surface area contributed by atoms with Crippen molar-refractivity contribution in [1.82, 2.24) is 10.2 Å². The minimum atomic E-state index is 0. The normalized spacial score (nSPS) is 27.9. The monoisotopic (exact) mass is 276 g/mol. The van der Waals surface area contributed by atoms with E-state index in [0.29, 0.717) is 18.7 Å². The summed E-state index contributed by atoms with van der Waals surface area (Å²) < 4.78 is 5.80. The van der Waals surface area contributed by atoms with Gasteiger partial charge < -0.3 is 15.0 Å². The topological polar surface area (TPSA) is 41.6 Å². The molecular formula is C13H25ClN2O2. The molecule has 0 aromatic heterocycles. The maximum Gasteiger partial charge on any atom is 0.236 e. The molecule has 1 amide bonds. The molecule has 0 aromatic rings. The summed E-state index contributed by atoms with van der Waals surface area (Å²) in [6.07, 6.45) is 5.13. The molecule has 2 atom stereocenters. The Balaban J connectivity index is 0.00000162. The van der Waals surface area contributed by atoms with Gasteiger partial charge in [-0.3, -0.25) is 4.79 Å². The quantitative estimate of drug-likeness (QED) is 0.826. The van der Waals surface area contributed by atoms with Crippen LogP contribution in [-0.4, -0.2) is 50.2 Å². The minimum Gasteiger partial charge on any atom is -0.378 e. The van der Waals surface area contributed by atoms with Crippen LogP contribution in [0.15, 0.2) is 0 Å². The number of hydrogen-bond donors (Lipinski definition) is 1. The van der Waals surface area contributed by atoms with Gasteiger partial charge in [-0.25, -0.2) is 0 Å². The summed E-state index contributed by atoms with van der Waals surface area (Å²) in [6, 6.07) is 0.397. The van der Waals surface area contributed by atoms with E-state index in [0.717, 1.165) is 13.0 Å². The van der Waals surface area contributed by atoms with E-state index in [1.54, 1.807) is 0 Å². The highest BCUT2D eigenvalue weighted by Crippen LogP contribution is 2.58. The van der Waals surface area contributed by atoms with Gasteiger partial charge in [-0.2, -0.15) is 0 Å². The molecule has 0 heterocycles. The zero-order chi connectivity index (χ0) is 12.5. The van der Waals surface area contributed by atoms with Crippen LogP contribution >= 0.6 is 12.4 Å². The van der Waals surface area contributed by atoms with Gasteiger partial charge in [0.2, 0.25) is 5.91 Å². The first-order valence-electron chi connectivity index (χ1n) is 6.67. The first kappa shape index (κ1) is 15.7. The maximum atomic E-state index is 11.9. The number of likely N-dealkylation sites (N-methyl/N-ethyl adjacent to an activating group) is 2. The lowest BCUT2D eigenvalue weighted by Gasteiger charge is -2.63. The van der Waals surface area contributed by atoms with Crippen LogP contribution in [0, 0.1) is 5.41 Å². The molecule has 1 spiro atoms. The van der Waals surface area contributed by atoms with Gasteiger partial charge in [-0.15, -0.1) is 12.4 Å². The van der Waals surface area contributed by atoms with E-state index in [1.165, 1.54) is 19.3 Å². The highest BCUT2D eigenvalue weighted by atomic mass is 35.5. The van der Waals surface area contributed by atoms with Crippen molar-refractivity contribution in [1.29, 1.82) is 0 Å². The number of nitrogens with zero attached hydrogens (tertiary/aromatic N) is 1. The van der Waals surface area contributed by atoms with E-state index >= 15 is 0 Å². The Labute approximate surface area is 116 Å². The van der Waals surface area contributed by atoms with Crippen molar-refractivity contribution in [2.45, 2.75) is 44.8 Å². The van der Waals surface area contributed by atoms with Crippen LogP contribution in [0.25, 0.3) is 0 Å². The Kier molecular flexibility index (Phi) is 5.44. The molecule has 18 heavy (non-hydrogen) atoms. The zero-order valence-electron chi connectivity index (χ0n) is 11.6. The summed E-state index contributed by atoms with van der Waals surface area (Å²) in [5.74, 6) is 0.193. The average molecular weight is 277 g/mol. The van der Waals surface area contributed by atoms with Crippen LogP contribution in [-0.2, 0) is 9.53 Å². The van der Waals surface area contributed by atoms with Crippen LogP contribution in [0.2, 0.25) is 0 Å². The molecule has 5 heteroatoms. The van der Waals surface area contributed by atoms with Crippen molar-refractivity contribution >= 4 is 18.3 Å². The molecule has 2 rings (SSSR count). The molecule has 4 nitrogen and oxygen atoms in total. The Hall–Kier alpha value is -0.320. The van der Waals surface area contributed by atoms with E-state index in [1.807, 2.05) is 19.0 Å². The SMILES string of the molecule is CCOC1CC(N(C)C(=O)CNC)C12CCC2.Cl. The van der Waals surface area contributed by atoms with E-state index in [9.17, 15) is 4.79 Å². The molecule has 2 saturated carbocycles. The van der Waals surface area contributed by atoms with Crippen molar-refractivity contribution in [3.63, 3.8) is 0 Å². The third-order valence-corrected chi connectivity index (χ3v) is 4.58. The van der Waals surface area contributed by atoms with Crippen LogP contribution in [0.4, 0.5) is 0 Å². The molecule has 0 radical (unpaired) electrons. The summed E-state index contributed by atoms with van der Waals surface area (Å²) >= 11 is 0. The van der Waals surface area contributed by atoms with Crippen LogP contribution in [0.5, 0.6) is 0 Å². The number of amides is 1. The van der Waals surface area contributed by atoms with E-state index in [2.05, 4.69) is 12.2 Å². The predicted octanol–water partition coefficient (Wildman–Crippen LogP) is 1.43. The molecule has 0 saturated heterocycles. The summed E-state index contributed by atoms with van der Waals surface area (Å²) in [5.41, 5.74) is 0.286. The number of carbonyl (C=O) groups excluding carboxylic acids is 1. The van der Waals surface area contributed by atoms with Crippen molar-refractivity contribution < 1.29 is 9.53 Å². The minimum absolute atomic E-state index is 0. The van der Waals surface area contributed by atoms with Gasteiger partial charge in [0.1, 0.15) is 0 Å². The maximum absolute atomic E-state index is 11.9. The standard InChI is InChI=1S/C13H24N2O2.ClH/c1-4-17-11-8-10(13(11)6-5-7-13)15(3)12(16)9-14-2;/h10-11,14H,4-9H2,1-3H3;1H. The van der Waals surface area contributed by atoms with Crippen LogP contribution < -0.4 is 5.32 Å². The number of ether oxygens (including phenoxy) is 1. The number of nitrogens with one attached hydrogen (secondary N) is 1. The lowest BCUT2D eigenvalue weighted by molar-refractivity contribution is -0.202. The third kappa shape index (κ3) is 2.38. The van der Waals surface area contributed by atoms with Gasteiger partial charge in [-0.1, -0.05) is 6.42 Å². The van der Waals surface area contributed by atoms with Crippen molar-refractivity contribution in [3.05, 3.63) is 0 Å². The Morgan fingerprint density at radius 1 is 1.50 bits per heavy atom. The molecule has 1 N–H and O–H groups in total. The molecular weight excluding hydrogens is 252 g/mol. The van der Waals surface area contributed by atoms with Gasteiger partial charge in [0.15, 0.2) is 0 Å². The molecule has 0 aliphatic heterocycles. The van der Waals surface area contributed by atoms with Gasteiger partial charge in [0.25, 0.3) is 0 Å². The second-order valence-corrected chi connectivity index (χ2v) is 5.32. The lowest BCUT2D eigenvalue weighted by atomic mass is 9.50. The van der Waals surface area contributed by atoms with Gasteiger partial charge in [0, 0.05) is 25.1 Å². The second kappa shape index (κ2) is 6.22. The number of halogens is 1. The van der Waals surface area contributed by atoms with Crippen molar-refractivity contribution in [2.24, 2.45) is 5.41 Å². The van der Waals surface area contributed by atoms with Gasteiger partial charge in [-0.05, 0) is 33.2 Å². The fraction of sp³-hybridized carbons (Fsp3) is 0.923. The van der Waals surface area contributed by atoms with E-state index < -0.39 is 0 Å². The molecule has 106 valence electrons. The fourth-order valence-corrected chi connectivity index (χ4v) is 3.40. The van der Waals surface area contributed by atoms with Crippen molar-refractivity contribution in [2.75, 3.05) is 27.2 Å². The van der Waals surface area contributed by atoms with Crippen LogP contribution in [0.1, 0.15) is 32.6 Å². The zero-order valence-corrected chi connectivity index (χ0v) is 12.4. The molecule has 0 bridgehead atoms. The average Bonchev–Trinajstić information content (AvgIpc) is 2.21. The highest BCUT2D eigenvalue weighted by molar-refractivity contribution is 5.85. The van der Waals surface area contributed by atoms with Crippen LogP contribution in [0.3, 0.4) is 0 Å². The van der Waals surface area contributed by atoms with E-state index in [4.69, 9.17) is 4.74 Å². The van der Waals surface area contributed by atoms with Gasteiger partial charge in [0.05, 0.1) is 12.6 Å². The molecule has 2 aliphatic carbocycles. The summed E-state index contributed by atoms with van der Waals surface area (Å²) in [6.45, 7) is 3.27. The third-order valence-electron chi connectivity index (χ3n) is 4.58. The predicted molar refractivity (Wildman–Crippen MR) is 74.0 cm³/mol. The summed E-state index contributed by atoms with van der Waals surface area (Å²) in [7, 11) is 3.75. The molecule has 2 unspecified atom stereocenters. The molecule has 0 aromatic carbocycles. The summed E-state index contributed by atoms with van der Waals surface area (Å²) in [5, 5.41) is 2.93. The second-order valence-electron chi connectivity index (χ2n) is 5.32. The number of rotatable bonds is 5. The summed E-state index contributed by atoms with van der Waals surface area (Å²) in [4.78, 5) is 13.8. The Bertz CT molecular complexity index is 295. The molecule has 2 fully saturated rings. The number of carbonyl (C=O) groups is 1. The van der Waals surface area contributed by atoms with Crippen molar-refractivity contribution in [3.8, 4) is 0 Å². The Morgan fingerprint density at radius 2 is 2.17 bits per heavy atom. The molecule has 2 aliphatic rings. The highest BCUT2D eigenvalue weighted by Gasteiger charge is 2.60. The first-order valence-corrected chi connectivity index (χ1v) is 6.67. The largest absolute Gasteiger partial charge is 0.378 e. The number of hydrogen-bond acceptors (Lipinski definition) is 3. The van der Waals surface area contributed by atoms with E-state index in [-0.39, 0.29) is 23.7 Å². The van der Waals surface area contributed by atoms with Gasteiger partial charge >= 0.3 is 0 Å². The lowest BCUT2D eigenvalue weighted by Crippen LogP contribution is -2.68. The first-order chi connectivity index (χ1) is 8.15. The Morgan fingerprint density at radius 3 is 2.61 bits per heavy atom. The smallest absolute Gasteiger partial charge is 0.236 e.